The molecule has 0 radical (unpaired) electrons. The summed E-state index contributed by atoms with van der Waals surface area (Å²) in [5, 5.41) is 3.22. The van der Waals surface area contributed by atoms with Gasteiger partial charge in [0.25, 0.3) is 0 Å². The summed E-state index contributed by atoms with van der Waals surface area (Å²) in [6.45, 7) is 2.42. The second-order valence-corrected chi connectivity index (χ2v) is 7.64. The fraction of sp³-hybridized carbons (Fsp3) is 0.944. The van der Waals surface area contributed by atoms with E-state index in [2.05, 4.69) is 5.32 Å². The van der Waals surface area contributed by atoms with Crippen LogP contribution in [0.4, 0.5) is 0 Å². The highest BCUT2D eigenvalue weighted by molar-refractivity contribution is 5.76. The molecule has 0 aromatic rings. The van der Waals surface area contributed by atoms with E-state index in [1.54, 1.807) is 0 Å². The lowest BCUT2D eigenvalue weighted by molar-refractivity contribution is -0.295. The minimum Gasteiger partial charge on any atom is -0.353 e. The van der Waals surface area contributed by atoms with E-state index in [-0.39, 0.29) is 11.8 Å². The highest BCUT2D eigenvalue weighted by Crippen LogP contribution is 2.49. The molecule has 2 spiro atoms. The number of rotatable bonds is 3. The standard InChI is InChI=1S/C18H29NO5/c20-16(19-15-4-2-1-3-5-15)12-14-6-7-17(21-8-9-22-17)13-18(14)23-10-11-24-18/h14-15H,1-13H2,(H,19,20). The molecule has 1 N–H and O–H groups in total. The fourth-order valence-electron chi connectivity index (χ4n) is 4.79. The van der Waals surface area contributed by atoms with Gasteiger partial charge in [0.15, 0.2) is 11.6 Å². The van der Waals surface area contributed by atoms with Crippen LogP contribution in [-0.2, 0) is 23.7 Å². The van der Waals surface area contributed by atoms with Crippen molar-refractivity contribution in [1.29, 1.82) is 0 Å². The molecular formula is C18H29NO5. The van der Waals surface area contributed by atoms with Crippen molar-refractivity contribution in [2.24, 2.45) is 5.92 Å². The number of carbonyl (C=O) groups is 1. The number of ether oxygens (including phenoxy) is 4. The minimum absolute atomic E-state index is 0.0713. The second kappa shape index (κ2) is 6.90. The van der Waals surface area contributed by atoms with Gasteiger partial charge in [-0.25, -0.2) is 0 Å². The predicted molar refractivity (Wildman–Crippen MR) is 86.2 cm³/mol. The molecule has 1 amide bonds. The fourth-order valence-corrected chi connectivity index (χ4v) is 4.79. The summed E-state index contributed by atoms with van der Waals surface area (Å²) < 4.78 is 23.7. The Balaban J connectivity index is 1.39. The zero-order valence-corrected chi connectivity index (χ0v) is 14.4. The first-order valence-corrected chi connectivity index (χ1v) is 9.55. The van der Waals surface area contributed by atoms with Crippen LogP contribution in [0, 0.1) is 5.92 Å². The van der Waals surface area contributed by atoms with Gasteiger partial charge < -0.3 is 24.3 Å². The van der Waals surface area contributed by atoms with E-state index in [9.17, 15) is 4.79 Å². The molecule has 2 aliphatic heterocycles. The molecule has 0 aromatic heterocycles. The number of hydrogen-bond donors (Lipinski definition) is 1. The average Bonchev–Trinajstić information content (AvgIpc) is 3.22. The Morgan fingerprint density at radius 1 is 0.917 bits per heavy atom. The Kier molecular flexibility index (Phi) is 4.82. The molecule has 6 heteroatoms. The first-order chi connectivity index (χ1) is 11.7. The lowest BCUT2D eigenvalue weighted by Crippen LogP contribution is -2.53. The third-order valence-corrected chi connectivity index (χ3v) is 6.00. The molecule has 136 valence electrons. The van der Waals surface area contributed by atoms with Gasteiger partial charge in [-0.3, -0.25) is 4.79 Å². The maximum Gasteiger partial charge on any atom is 0.220 e. The Morgan fingerprint density at radius 3 is 2.29 bits per heavy atom. The normalized spacial score (nSPS) is 32.4. The number of hydrogen-bond acceptors (Lipinski definition) is 5. The van der Waals surface area contributed by atoms with E-state index in [4.69, 9.17) is 18.9 Å². The molecule has 6 nitrogen and oxygen atoms in total. The van der Waals surface area contributed by atoms with E-state index >= 15 is 0 Å². The zero-order chi connectivity index (χ0) is 16.5. The smallest absolute Gasteiger partial charge is 0.220 e. The van der Waals surface area contributed by atoms with Crippen LogP contribution < -0.4 is 5.32 Å². The van der Waals surface area contributed by atoms with E-state index in [0.29, 0.717) is 45.3 Å². The molecular weight excluding hydrogens is 310 g/mol. The third-order valence-electron chi connectivity index (χ3n) is 6.00. The van der Waals surface area contributed by atoms with Gasteiger partial charge in [0, 0.05) is 24.8 Å². The second-order valence-electron chi connectivity index (χ2n) is 7.64. The van der Waals surface area contributed by atoms with Crippen molar-refractivity contribution in [3.8, 4) is 0 Å². The van der Waals surface area contributed by atoms with Crippen molar-refractivity contribution in [1.82, 2.24) is 5.32 Å². The van der Waals surface area contributed by atoms with E-state index in [1.165, 1.54) is 19.3 Å². The van der Waals surface area contributed by atoms with Gasteiger partial charge in [-0.05, 0) is 19.3 Å². The lowest BCUT2D eigenvalue weighted by Gasteiger charge is -2.46. The van der Waals surface area contributed by atoms with Crippen molar-refractivity contribution in [2.45, 2.75) is 75.4 Å². The quantitative estimate of drug-likeness (QED) is 0.853. The Labute approximate surface area is 143 Å². The summed E-state index contributed by atoms with van der Waals surface area (Å²) in [4.78, 5) is 12.5. The van der Waals surface area contributed by atoms with Gasteiger partial charge in [-0.2, -0.15) is 0 Å². The number of nitrogens with one attached hydrogen (secondary N) is 1. The Bertz CT molecular complexity index is 450. The summed E-state index contributed by atoms with van der Waals surface area (Å²) in [6.07, 6.45) is 8.64. The van der Waals surface area contributed by atoms with E-state index in [1.807, 2.05) is 0 Å². The van der Waals surface area contributed by atoms with Crippen LogP contribution in [0.5, 0.6) is 0 Å². The molecule has 0 aromatic carbocycles. The SMILES string of the molecule is O=C(CC1CCC2(CC13OCCO3)OCCO2)NC1CCCCC1. The molecule has 1 unspecified atom stereocenters. The van der Waals surface area contributed by atoms with Crippen LogP contribution in [0.2, 0.25) is 0 Å². The van der Waals surface area contributed by atoms with Crippen molar-refractivity contribution in [3.05, 3.63) is 0 Å². The average molecular weight is 339 g/mol. The van der Waals surface area contributed by atoms with Crippen LogP contribution in [-0.4, -0.2) is 50.0 Å². The maximum atomic E-state index is 12.5. The largest absolute Gasteiger partial charge is 0.353 e. The van der Waals surface area contributed by atoms with Crippen molar-refractivity contribution in [3.63, 3.8) is 0 Å². The summed E-state index contributed by atoms with van der Waals surface area (Å²) in [7, 11) is 0. The molecule has 4 fully saturated rings. The lowest BCUT2D eigenvalue weighted by atomic mass is 9.77. The molecule has 4 rings (SSSR count). The molecule has 4 aliphatic rings. The third kappa shape index (κ3) is 3.34. The van der Waals surface area contributed by atoms with E-state index < -0.39 is 11.6 Å². The van der Waals surface area contributed by atoms with Gasteiger partial charge in [0.1, 0.15) is 0 Å². The van der Waals surface area contributed by atoms with Gasteiger partial charge in [-0.15, -0.1) is 0 Å². The number of carbonyl (C=O) groups excluding carboxylic acids is 1. The zero-order valence-electron chi connectivity index (χ0n) is 14.4. The van der Waals surface area contributed by atoms with Crippen molar-refractivity contribution >= 4 is 5.91 Å². The Hall–Kier alpha value is -0.690. The van der Waals surface area contributed by atoms with Crippen LogP contribution >= 0.6 is 0 Å². The van der Waals surface area contributed by atoms with Crippen LogP contribution in [0.1, 0.15) is 57.8 Å². The van der Waals surface area contributed by atoms with Crippen LogP contribution in [0.15, 0.2) is 0 Å². The van der Waals surface area contributed by atoms with Gasteiger partial charge in [0.05, 0.1) is 32.8 Å². The molecule has 24 heavy (non-hydrogen) atoms. The summed E-state index contributed by atoms with van der Waals surface area (Å²) in [5.41, 5.74) is 0. The molecule has 0 bridgehead atoms. The van der Waals surface area contributed by atoms with Crippen molar-refractivity contribution < 1.29 is 23.7 Å². The topological polar surface area (TPSA) is 66.0 Å². The molecule has 2 heterocycles. The predicted octanol–water partition coefficient (Wildman–Crippen LogP) is 2.11. The molecule has 2 saturated heterocycles. The first kappa shape index (κ1) is 16.8. The van der Waals surface area contributed by atoms with Gasteiger partial charge in [-0.1, -0.05) is 19.3 Å². The maximum absolute atomic E-state index is 12.5. The monoisotopic (exact) mass is 339 g/mol. The Morgan fingerprint density at radius 2 is 1.58 bits per heavy atom. The van der Waals surface area contributed by atoms with Gasteiger partial charge in [0.2, 0.25) is 5.91 Å². The summed E-state index contributed by atoms with van der Waals surface area (Å²) in [5.74, 6) is -1.08. The highest BCUT2D eigenvalue weighted by Gasteiger charge is 2.57. The summed E-state index contributed by atoms with van der Waals surface area (Å²) >= 11 is 0. The van der Waals surface area contributed by atoms with Crippen LogP contribution in [0.25, 0.3) is 0 Å². The van der Waals surface area contributed by atoms with Crippen molar-refractivity contribution in [2.75, 3.05) is 26.4 Å². The highest BCUT2D eigenvalue weighted by atomic mass is 16.8. The van der Waals surface area contributed by atoms with Gasteiger partial charge >= 0.3 is 0 Å². The molecule has 2 saturated carbocycles. The number of amides is 1. The summed E-state index contributed by atoms with van der Waals surface area (Å²) in [6, 6.07) is 0.351. The first-order valence-electron chi connectivity index (χ1n) is 9.55. The van der Waals surface area contributed by atoms with Crippen LogP contribution in [0.3, 0.4) is 0 Å². The van der Waals surface area contributed by atoms with E-state index in [0.717, 1.165) is 25.7 Å². The minimum atomic E-state index is -0.716. The molecule has 2 aliphatic carbocycles. The molecule has 1 atom stereocenters.